The number of carbonyl (C=O) groups is 1. The lowest BCUT2D eigenvalue weighted by Gasteiger charge is -2.33. The normalized spacial score (nSPS) is 18.1. The van der Waals surface area contributed by atoms with E-state index in [4.69, 9.17) is 11.6 Å². The summed E-state index contributed by atoms with van der Waals surface area (Å²) in [6.45, 7) is 6.03. The van der Waals surface area contributed by atoms with Gasteiger partial charge in [0.15, 0.2) is 5.82 Å². The highest BCUT2D eigenvalue weighted by atomic mass is 35.5. The summed E-state index contributed by atoms with van der Waals surface area (Å²) in [5, 5.41) is 12.5. The summed E-state index contributed by atoms with van der Waals surface area (Å²) in [4.78, 5) is 13.3. The van der Waals surface area contributed by atoms with Gasteiger partial charge in [-0.3, -0.25) is 4.79 Å². The number of nitrogens with zero attached hydrogens (tertiary/aromatic N) is 3. The predicted octanol–water partition coefficient (Wildman–Crippen LogP) is 4.51. The molecule has 29 heavy (non-hydrogen) atoms. The molecule has 2 aromatic carbocycles. The van der Waals surface area contributed by atoms with Crippen molar-refractivity contribution < 1.29 is 4.79 Å². The molecule has 0 saturated carbocycles. The van der Waals surface area contributed by atoms with Gasteiger partial charge in [0, 0.05) is 17.1 Å². The summed E-state index contributed by atoms with van der Waals surface area (Å²) >= 11 is 7.49. The molecule has 4 rings (SSSR count). The molecule has 2 N–H and O–H groups in total. The molecule has 6 nitrogen and oxygen atoms in total. The van der Waals surface area contributed by atoms with E-state index in [2.05, 4.69) is 20.9 Å². The van der Waals surface area contributed by atoms with Gasteiger partial charge < -0.3 is 10.7 Å². The molecule has 0 radical (unpaired) electrons. The maximum Gasteiger partial charge on any atom is 0.240 e. The summed E-state index contributed by atoms with van der Waals surface area (Å²) < 4.78 is 1.88. The number of hydrogen-bond acceptors (Lipinski definition) is 5. The highest BCUT2D eigenvalue weighted by Gasteiger charge is 2.37. The third-order valence-corrected chi connectivity index (χ3v) is 6.43. The molecule has 0 aliphatic carbocycles. The van der Waals surface area contributed by atoms with Crippen molar-refractivity contribution in [3.8, 4) is 0 Å². The minimum Gasteiger partial charge on any atom is -0.325 e. The highest BCUT2D eigenvalue weighted by Crippen LogP contribution is 2.38. The van der Waals surface area contributed by atoms with Crippen molar-refractivity contribution in [2.45, 2.75) is 43.6 Å². The van der Waals surface area contributed by atoms with Crippen LogP contribution in [0.25, 0.3) is 0 Å². The Morgan fingerprint density at radius 1 is 1.21 bits per heavy atom. The van der Waals surface area contributed by atoms with Gasteiger partial charge in [0.25, 0.3) is 0 Å². The zero-order valence-electron chi connectivity index (χ0n) is 16.4. The predicted molar refractivity (Wildman–Crippen MR) is 117 cm³/mol. The molecule has 3 aromatic rings. The number of hydrogen-bond donors (Lipinski definition) is 2. The van der Waals surface area contributed by atoms with E-state index in [1.54, 1.807) is 0 Å². The van der Waals surface area contributed by atoms with E-state index in [0.717, 1.165) is 34.6 Å². The number of benzene rings is 2. The molecule has 1 aliphatic heterocycles. The number of aryl methyl sites for hydroxylation is 3. The Morgan fingerprint density at radius 2 is 1.97 bits per heavy atom. The molecule has 2 heterocycles. The van der Waals surface area contributed by atoms with Crippen LogP contribution in [0.15, 0.2) is 47.6 Å². The van der Waals surface area contributed by atoms with E-state index in [-0.39, 0.29) is 11.9 Å². The van der Waals surface area contributed by atoms with Crippen molar-refractivity contribution in [1.82, 2.24) is 14.9 Å². The monoisotopic (exact) mass is 427 g/mol. The van der Waals surface area contributed by atoms with Crippen molar-refractivity contribution in [2.75, 3.05) is 10.7 Å². The van der Waals surface area contributed by atoms with Crippen molar-refractivity contribution >= 4 is 35.0 Å². The van der Waals surface area contributed by atoms with Crippen LogP contribution in [-0.2, 0) is 11.2 Å². The highest BCUT2D eigenvalue weighted by molar-refractivity contribution is 8.00. The fraction of sp³-hybridized carbons (Fsp3) is 0.286. The first-order valence-electron chi connectivity index (χ1n) is 9.47. The number of amides is 1. The van der Waals surface area contributed by atoms with Crippen LogP contribution < -0.4 is 10.7 Å². The van der Waals surface area contributed by atoms with Crippen LogP contribution in [-0.4, -0.2) is 26.0 Å². The van der Waals surface area contributed by atoms with Crippen LogP contribution >= 0.6 is 23.4 Å². The minimum absolute atomic E-state index is 0.0801. The summed E-state index contributed by atoms with van der Waals surface area (Å²) in [7, 11) is 0. The molecule has 0 fully saturated rings. The molecular weight excluding hydrogens is 406 g/mol. The third-order valence-electron chi connectivity index (χ3n) is 4.96. The zero-order chi connectivity index (χ0) is 20.5. The van der Waals surface area contributed by atoms with Crippen LogP contribution in [0.3, 0.4) is 0 Å². The standard InChI is InChI=1S/C21H22ClN5OS/c1-4-17-24-25-21-27(17)26-18(14-7-9-15(22)10-8-14)19(29-21)20(28)23-16-11-12(2)5-6-13(16)3/h5-11,18-19,26H,4H2,1-3H3,(H,23,28)/t18-,19-/m0/s1. The van der Waals surface area contributed by atoms with Gasteiger partial charge in [-0.2, -0.15) is 0 Å². The van der Waals surface area contributed by atoms with Crippen molar-refractivity contribution in [3.05, 3.63) is 70.0 Å². The van der Waals surface area contributed by atoms with Crippen molar-refractivity contribution in [1.29, 1.82) is 0 Å². The maximum absolute atomic E-state index is 13.3. The van der Waals surface area contributed by atoms with Gasteiger partial charge >= 0.3 is 0 Å². The third kappa shape index (κ3) is 3.97. The quantitative estimate of drug-likeness (QED) is 0.641. The van der Waals surface area contributed by atoms with Gasteiger partial charge in [0.1, 0.15) is 5.25 Å². The number of carbonyl (C=O) groups excluding carboxylic acids is 1. The summed E-state index contributed by atoms with van der Waals surface area (Å²) in [5.41, 5.74) is 7.37. The van der Waals surface area contributed by atoms with Gasteiger partial charge in [-0.1, -0.05) is 54.6 Å². The molecule has 1 aliphatic rings. The van der Waals surface area contributed by atoms with E-state index < -0.39 is 5.25 Å². The average Bonchev–Trinajstić information content (AvgIpc) is 3.12. The Bertz CT molecular complexity index is 1050. The van der Waals surface area contributed by atoms with Gasteiger partial charge in [-0.15, -0.1) is 10.2 Å². The number of thioether (sulfide) groups is 1. The van der Waals surface area contributed by atoms with Crippen LogP contribution in [0.1, 0.15) is 35.5 Å². The molecule has 0 saturated heterocycles. The summed E-state index contributed by atoms with van der Waals surface area (Å²) in [6.07, 6.45) is 0.743. The Labute approximate surface area is 179 Å². The number of rotatable bonds is 4. The number of anilines is 1. The first kappa shape index (κ1) is 19.8. The summed E-state index contributed by atoms with van der Waals surface area (Å²) in [5.74, 6) is 0.753. The number of aromatic nitrogens is 3. The second-order valence-electron chi connectivity index (χ2n) is 7.09. The van der Waals surface area contributed by atoms with E-state index >= 15 is 0 Å². The number of nitrogens with one attached hydrogen (secondary N) is 2. The molecule has 0 unspecified atom stereocenters. The maximum atomic E-state index is 13.3. The lowest BCUT2D eigenvalue weighted by atomic mass is 10.0. The SMILES string of the molecule is CCc1nnc2n1N[C@@H](c1ccc(Cl)cc1)[C@@H](C(=O)Nc1cc(C)ccc1C)S2. The molecule has 0 spiro atoms. The van der Waals surface area contributed by atoms with Crippen LogP contribution in [0, 0.1) is 13.8 Å². The Hall–Kier alpha value is -2.51. The smallest absolute Gasteiger partial charge is 0.240 e. The van der Waals surface area contributed by atoms with E-state index in [1.807, 2.05) is 67.9 Å². The second kappa shape index (κ2) is 8.08. The van der Waals surface area contributed by atoms with Crippen molar-refractivity contribution in [2.24, 2.45) is 0 Å². The minimum atomic E-state index is -0.419. The van der Waals surface area contributed by atoms with E-state index in [1.165, 1.54) is 11.8 Å². The number of fused-ring (bicyclic) bond motifs is 1. The molecule has 150 valence electrons. The molecule has 1 aromatic heterocycles. The molecule has 2 atom stereocenters. The van der Waals surface area contributed by atoms with Gasteiger partial charge in [0.2, 0.25) is 11.1 Å². The van der Waals surface area contributed by atoms with Crippen molar-refractivity contribution in [3.63, 3.8) is 0 Å². The van der Waals surface area contributed by atoms with Gasteiger partial charge in [-0.25, -0.2) is 4.68 Å². The lowest BCUT2D eigenvalue weighted by Crippen LogP contribution is -2.41. The fourth-order valence-electron chi connectivity index (χ4n) is 3.32. The first-order chi connectivity index (χ1) is 14.0. The lowest BCUT2D eigenvalue weighted by molar-refractivity contribution is -0.116. The first-order valence-corrected chi connectivity index (χ1v) is 10.7. The fourth-order valence-corrected chi connectivity index (χ4v) is 4.55. The zero-order valence-corrected chi connectivity index (χ0v) is 18.0. The van der Waals surface area contributed by atoms with Gasteiger partial charge in [0.05, 0.1) is 6.04 Å². The van der Waals surface area contributed by atoms with E-state index in [9.17, 15) is 4.79 Å². The van der Waals surface area contributed by atoms with Crippen LogP contribution in [0.2, 0.25) is 5.02 Å². The number of halogens is 1. The van der Waals surface area contributed by atoms with E-state index in [0.29, 0.717) is 10.2 Å². The molecule has 1 amide bonds. The molecule has 0 bridgehead atoms. The molecule has 8 heteroatoms. The Morgan fingerprint density at radius 3 is 2.69 bits per heavy atom. The van der Waals surface area contributed by atoms with Crippen LogP contribution in [0.4, 0.5) is 5.69 Å². The molecular formula is C21H22ClN5OS. The second-order valence-corrected chi connectivity index (χ2v) is 8.64. The Kier molecular flexibility index (Phi) is 5.52. The van der Waals surface area contributed by atoms with Crippen LogP contribution in [0.5, 0.6) is 0 Å². The average molecular weight is 428 g/mol. The topological polar surface area (TPSA) is 71.8 Å². The largest absolute Gasteiger partial charge is 0.325 e. The Balaban J connectivity index is 1.68. The van der Waals surface area contributed by atoms with Gasteiger partial charge in [-0.05, 0) is 48.7 Å². The summed E-state index contributed by atoms with van der Waals surface area (Å²) in [6, 6.07) is 13.3.